The summed E-state index contributed by atoms with van der Waals surface area (Å²) in [5, 5.41) is 3.48. The summed E-state index contributed by atoms with van der Waals surface area (Å²) in [7, 11) is 0. The summed E-state index contributed by atoms with van der Waals surface area (Å²) in [5.74, 6) is 2.11. The number of benzene rings is 2. The van der Waals surface area contributed by atoms with Crippen LogP contribution in [-0.2, 0) is 19.5 Å². The molecule has 1 N–H and O–H groups in total. The molecule has 3 aromatic rings. The molecule has 4 rings (SSSR count). The van der Waals surface area contributed by atoms with Crippen molar-refractivity contribution in [3.8, 4) is 0 Å². The van der Waals surface area contributed by atoms with Gasteiger partial charge in [-0.3, -0.25) is 9.89 Å². The van der Waals surface area contributed by atoms with Crippen LogP contribution in [0.1, 0.15) is 23.9 Å². The summed E-state index contributed by atoms with van der Waals surface area (Å²) in [6.07, 6.45) is 4.78. The Morgan fingerprint density at radius 1 is 0.906 bits per heavy atom. The fraction of sp³-hybridized carbons (Fsp3) is 0.385. The van der Waals surface area contributed by atoms with Crippen molar-refractivity contribution in [3.63, 3.8) is 0 Å². The highest BCUT2D eigenvalue weighted by molar-refractivity contribution is 5.80. The van der Waals surface area contributed by atoms with Crippen LogP contribution >= 0.6 is 0 Å². The van der Waals surface area contributed by atoms with Crippen molar-refractivity contribution < 1.29 is 0 Å². The molecule has 0 bridgehead atoms. The van der Waals surface area contributed by atoms with Gasteiger partial charge >= 0.3 is 0 Å². The van der Waals surface area contributed by atoms with Crippen LogP contribution in [0.2, 0.25) is 0 Å². The van der Waals surface area contributed by atoms with Crippen LogP contribution in [0.4, 0.5) is 0 Å². The van der Waals surface area contributed by atoms with Gasteiger partial charge in [-0.15, -0.1) is 0 Å². The molecule has 6 nitrogen and oxygen atoms in total. The first-order chi connectivity index (χ1) is 15.8. The molecule has 6 heteroatoms. The van der Waals surface area contributed by atoms with Crippen LogP contribution in [0.15, 0.2) is 78.0 Å². The molecule has 1 fully saturated rings. The number of rotatable bonds is 8. The van der Waals surface area contributed by atoms with Gasteiger partial charge in [0.15, 0.2) is 5.96 Å². The molecule has 2 heterocycles. The molecule has 1 aliphatic heterocycles. The summed E-state index contributed by atoms with van der Waals surface area (Å²) in [6, 6.07) is 21.3. The molecule has 0 amide bonds. The van der Waals surface area contributed by atoms with Crippen molar-refractivity contribution in [2.24, 2.45) is 4.99 Å². The second kappa shape index (κ2) is 11.5. The minimum Gasteiger partial charge on any atom is -0.357 e. The van der Waals surface area contributed by atoms with Crippen LogP contribution in [0, 0.1) is 0 Å². The van der Waals surface area contributed by atoms with E-state index in [1.54, 1.807) is 0 Å². The van der Waals surface area contributed by atoms with Crippen LogP contribution in [0.5, 0.6) is 0 Å². The minimum absolute atomic E-state index is 0.734. The van der Waals surface area contributed by atoms with E-state index in [0.717, 1.165) is 70.6 Å². The molecule has 0 radical (unpaired) electrons. The van der Waals surface area contributed by atoms with E-state index in [1.165, 1.54) is 11.1 Å². The van der Waals surface area contributed by atoms with Gasteiger partial charge in [0.25, 0.3) is 0 Å². The minimum atomic E-state index is 0.734. The van der Waals surface area contributed by atoms with Gasteiger partial charge < -0.3 is 14.8 Å². The number of nitrogens with zero attached hydrogens (tertiary/aromatic N) is 5. The van der Waals surface area contributed by atoms with Crippen LogP contribution < -0.4 is 5.32 Å². The third kappa shape index (κ3) is 6.20. The van der Waals surface area contributed by atoms with E-state index in [9.17, 15) is 0 Å². The third-order valence-corrected chi connectivity index (χ3v) is 5.85. The number of hydrogen-bond donors (Lipinski definition) is 1. The Bertz CT molecular complexity index is 958. The fourth-order valence-corrected chi connectivity index (χ4v) is 4.14. The Morgan fingerprint density at radius 3 is 2.22 bits per heavy atom. The van der Waals surface area contributed by atoms with E-state index < -0.39 is 0 Å². The van der Waals surface area contributed by atoms with Crippen molar-refractivity contribution in [1.82, 2.24) is 24.7 Å². The number of hydrogen-bond acceptors (Lipinski definition) is 3. The van der Waals surface area contributed by atoms with Crippen LogP contribution in [-0.4, -0.2) is 64.6 Å². The molecule has 1 aromatic heterocycles. The third-order valence-electron chi connectivity index (χ3n) is 5.85. The largest absolute Gasteiger partial charge is 0.357 e. The number of aliphatic imine (C=N–C) groups is 1. The first-order valence-electron chi connectivity index (χ1n) is 11.7. The van der Waals surface area contributed by atoms with Gasteiger partial charge in [0, 0.05) is 71.2 Å². The lowest BCUT2D eigenvalue weighted by Gasteiger charge is -2.36. The molecule has 2 aromatic carbocycles. The summed E-state index contributed by atoms with van der Waals surface area (Å²) >= 11 is 0. The maximum Gasteiger partial charge on any atom is 0.194 e. The maximum atomic E-state index is 4.93. The smallest absolute Gasteiger partial charge is 0.194 e. The van der Waals surface area contributed by atoms with E-state index in [4.69, 9.17) is 4.99 Å². The van der Waals surface area contributed by atoms with Gasteiger partial charge in [0.2, 0.25) is 0 Å². The Kier molecular flexibility index (Phi) is 7.93. The second-order valence-electron chi connectivity index (χ2n) is 8.19. The molecular weight excluding hydrogens is 396 g/mol. The van der Waals surface area contributed by atoms with Gasteiger partial charge in [-0.05, 0) is 18.1 Å². The second-order valence-corrected chi connectivity index (χ2v) is 8.19. The lowest BCUT2D eigenvalue weighted by molar-refractivity contribution is 0.172. The van der Waals surface area contributed by atoms with Gasteiger partial charge in [-0.25, -0.2) is 4.98 Å². The van der Waals surface area contributed by atoms with E-state index in [-0.39, 0.29) is 0 Å². The average molecular weight is 431 g/mol. The highest BCUT2D eigenvalue weighted by Gasteiger charge is 2.19. The predicted octanol–water partition coefficient (Wildman–Crippen LogP) is 3.26. The zero-order valence-electron chi connectivity index (χ0n) is 19.0. The lowest BCUT2D eigenvalue weighted by atomic mass is 10.2. The number of imidazole rings is 1. The van der Waals surface area contributed by atoms with Crippen molar-refractivity contribution >= 4 is 5.96 Å². The standard InChI is InChI=1S/C26H34N6/c1-2-27-26(31-19-17-30(18-20-31)21-23-9-5-3-6-10-23)29-14-13-25-28-15-16-32(25)22-24-11-7-4-8-12-24/h3-12,15-16H,2,13-14,17-22H2,1H3,(H,27,29). The van der Waals surface area contributed by atoms with Gasteiger partial charge in [0.1, 0.15) is 5.82 Å². The predicted molar refractivity (Wildman–Crippen MR) is 131 cm³/mol. The van der Waals surface area contributed by atoms with E-state index in [1.807, 2.05) is 6.20 Å². The Hall–Kier alpha value is -3.12. The number of piperazine rings is 1. The van der Waals surface area contributed by atoms with E-state index >= 15 is 0 Å². The Labute approximate surface area is 191 Å². The first kappa shape index (κ1) is 22.1. The quantitative estimate of drug-likeness (QED) is 0.440. The fourth-order valence-electron chi connectivity index (χ4n) is 4.14. The van der Waals surface area contributed by atoms with E-state index in [2.05, 4.69) is 98.5 Å². The lowest BCUT2D eigenvalue weighted by Crippen LogP contribution is -2.52. The monoisotopic (exact) mass is 430 g/mol. The zero-order valence-corrected chi connectivity index (χ0v) is 19.0. The first-order valence-corrected chi connectivity index (χ1v) is 11.7. The normalized spacial score (nSPS) is 15.2. The SMILES string of the molecule is CCNC(=NCCc1nccn1Cc1ccccc1)N1CCN(Cc2ccccc2)CC1. The molecule has 0 aliphatic carbocycles. The molecule has 0 saturated carbocycles. The number of nitrogens with one attached hydrogen (secondary N) is 1. The average Bonchev–Trinajstić information content (AvgIpc) is 3.27. The van der Waals surface area contributed by atoms with Crippen LogP contribution in [0.25, 0.3) is 0 Å². The molecule has 0 atom stereocenters. The van der Waals surface area contributed by atoms with Crippen molar-refractivity contribution in [3.05, 3.63) is 90.0 Å². The summed E-state index contributed by atoms with van der Waals surface area (Å²) < 4.78 is 2.22. The van der Waals surface area contributed by atoms with Gasteiger partial charge in [0.05, 0.1) is 0 Å². The summed E-state index contributed by atoms with van der Waals surface area (Å²) in [6.45, 7) is 9.73. The highest BCUT2D eigenvalue weighted by atomic mass is 15.3. The van der Waals surface area contributed by atoms with E-state index in [0.29, 0.717) is 0 Å². The maximum absolute atomic E-state index is 4.93. The summed E-state index contributed by atoms with van der Waals surface area (Å²) in [4.78, 5) is 14.4. The van der Waals surface area contributed by atoms with Gasteiger partial charge in [-0.2, -0.15) is 0 Å². The zero-order chi connectivity index (χ0) is 22.0. The molecule has 1 saturated heterocycles. The molecule has 0 unspecified atom stereocenters. The Morgan fingerprint density at radius 2 is 1.56 bits per heavy atom. The Balaban J connectivity index is 1.30. The molecular formula is C26H34N6. The van der Waals surface area contributed by atoms with Crippen molar-refractivity contribution in [2.75, 3.05) is 39.3 Å². The summed E-state index contributed by atoms with van der Waals surface area (Å²) in [5.41, 5.74) is 2.67. The number of guanidine groups is 1. The topological polar surface area (TPSA) is 48.7 Å². The van der Waals surface area contributed by atoms with Crippen molar-refractivity contribution in [2.45, 2.75) is 26.4 Å². The molecule has 1 aliphatic rings. The van der Waals surface area contributed by atoms with Crippen molar-refractivity contribution in [1.29, 1.82) is 0 Å². The van der Waals surface area contributed by atoms with Gasteiger partial charge in [-0.1, -0.05) is 60.7 Å². The molecule has 32 heavy (non-hydrogen) atoms. The van der Waals surface area contributed by atoms with Crippen LogP contribution in [0.3, 0.4) is 0 Å². The molecule has 168 valence electrons. The molecule has 0 spiro atoms. The highest BCUT2D eigenvalue weighted by Crippen LogP contribution is 2.10. The number of aromatic nitrogens is 2.